The van der Waals surface area contributed by atoms with Gasteiger partial charge in [-0.15, -0.1) is 0 Å². The molecule has 0 aromatic heterocycles. The van der Waals surface area contributed by atoms with Gasteiger partial charge in [-0.1, -0.05) is 29.8 Å². The van der Waals surface area contributed by atoms with Crippen molar-refractivity contribution >= 4 is 5.91 Å². The lowest BCUT2D eigenvalue weighted by molar-refractivity contribution is -0.129. The molecule has 0 unspecified atom stereocenters. The topological polar surface area (TPSA) is 26.8 Å². The summed E-state index contributed by atoms with van der Waals surface area (Å²) in [4.78, 5) is 19.0. The van der Waals surface area contributed by atoms with E-state index in [2.05, 4.69) is 35.9 Å². The Balaban J connectivity index is 1.68. The summed E-state index contributed by atoms with van der Waals surface area (Å²) in [7, 11) is 4.09. The van der Waals surface area contributed by atoms with Crippen molar-refractivity contribution in [2.45, 2.75) is 19.8 Å². The van der Waals surface area contributed by atoms with Crippen molar-refractivity contribution in [3.05, 3.63) is 35.4 Å². The molecular formula is C18H29N3O. The average molecular weight is 303 g/mol. The maximum absolute atomic E-state index is 12.3. The average Bonchev–Trinajstić information content (AvgIpc) is 2.49. The molecule has 1 aliphatic heterocycles. The van der Waals surface area contributed by atoms with E-state index in [4.69, 9.17) is 0 Å². The number of amides is 1. The van der Waals surface area contributed by atoms with E-state index in [1.807, 2.05) is 24.1 Å². The fraction of sp³-hybridized carbons (Fsp3) is 0.611. The van der Waals surface area contributed by atoms with Crippen LogP contribution in [0.5, 0.6) is 0 Å². The zero-order valence-electron chi connectivity index (χ0n) is 14.2. The highest BCUT2D eigenvalue weighted by Gasteiger charge is 2.14. The number of carbonyl (C=O) groups is 1. The third-order valence-electron chi connectivity index (χ3n) is 4.43. The van der Waals surface area contributed by atoms with Crippen LogP contribution in [0.1, 0.15) is 17.5 Å². The van der Waals surface area contributed by atoms with E-state index in [0.29, 0.717) is 6.42 Å². The van der Waals surface area contributed by atoms with Crippen molar-refractivity contribution in [3.63, 3.8) is 0 Å². The number of aryl methyl sites for hydroxylation is 1. The highest BCUT2D eigenvalue weighted by atomic mass is 16.2. The van der Waals surface area contributed by atoms with Crippen LogP contribution in [-0.2, 0) is 11.2 Å². The van der Waals surface area contributed by atoms with Gasteiger partial charge in [-0.05, 0) is 32.5 Å². The fourth-order valence-corrected chi connectivity index (χ4v) is 2.86. The first-order valence-electron chi connectivity index (χ1n) is 8.25. The quantitative estimate of drug-likeness (QED) is 0.799. The molecule has 22 heavy (non-hydrogen) atoms. The van der Waals surface area contributed by atoms with E-state index in [-0.39, 0.29) is 5.91 Å². The molecule has 0 aliphatic carbocycles. The molecule has 1 aromatic carbocycles. The van der Waals surface area contributed by atoms with Gasteiger partial charge in [-0.3, -0.25) is 4.79 Å². The molecule has 4 nitrogen and oxygen atoms in total. The van der Waals surface area contributed by atoms with Crippen molar-refractivity contribution < 1.29 is 4.79 Å². The fourth-order valence-electron chi connectivity index (χ4n) is 2.86. The molecule has 1 aliphatic rings. The van der Waals surface area contributed by atoms with Gasteiger partial charge in [0.1, 0.15) is 0 Å². The van der Waals surface area contributed by atoms with Gasteiger partial charge in [0, 0.05) is 39.8 Å². The van der Waals surface area contributed by atoms with E-state index in [9.17, 15) is 4.79 Å². The first kappa shape index (κ1) is 17.0. The van der Waals surface area contributed by atoms with E-state index < -0.39 is 0 Å². The second-order valence-electron chi connectivity index (χ2n) is 6.48. The van der Waals surface area contributed by atoms with Crippen molar-refractivity contribution in [2.24, 2.45) is 0 Å². The first-order chi connectivity index (χ1) is 10.5. The summed E-state index contributed by atoms with van der Waals surface area (Å²) >= 11 is 0. The number of likely N-dealkylation sites (N-methyl/N-ethyl adjacent to an activating group) is 2. The maximum Gasteiger partial charge on any atom is 0.226 e. The third kappa shape index (κ3) is 5.43. The number of nitrogens with zero attached hydrogens (tertiary/aromatic N) is 3. The normalized spacial score (nSPS) is 16.7. The molecule has 0 atom stereocenters. The Morgan fingerprint density at radius 2 is 1.95 bits per heavy atom. The Kier molecular flexibility index (Phi) is 6.40. The summed E-state index contributed by atoms with van der Waals surface area (Å²) in [5, 5.41) is 0. The second kappa shape index (κ2) is 8.30. The molecule has 2 rings (SSSR count). The highest BCUT2D eigenvalue weighted by molar-refractivity contribution is 5.78. The van der Waals surface area contributed by atoms with Crippen LogP contribution in [0.4, 0.5) is 0 Å². The molecule has 0 bridgehead atoms. The molecular weight excluding hydrogens is 274 g/mol. The molecule has 0 spiro atoms. The molecule has 0 N–H and O–H groups in total. The number of piperazine rings is 1. The number of hydrogen-bond donors (Lipinski definition) is 0. The molecule has 4 heteroatoms. The van der Waals surface area contributed by atoms with Crippen molar-refractivity contribution in [2.75, 3.05) is 53.4 Å². The lowest BCUT2D eigenvalue weighted by Gasteiger charge is -2.32. The molecule has 1 fully saturated rings. The van der Waals surface area contributed by atoms with E-state index in [0.717, 1.165) is 51.3 Å². The van der Waals surface area contributed by atoms with Gasteiger partial charge < -0.3 is 14.7 Å². The molecule has 1 aromatic rings. The minimum atomic E-state index is 0.212. The van der Waals surface area contributed by atoms with Gasteiger partial charge in [0.05, 0.1) is 6.42 Å². The number of benzene rings is 1. The summed E-state index contributed by atoms with van der Waals surface area (Å²) in [6.07, 6.45) is 1.56. The molecule has 122 valence electrons. The summed E-state index contributed by atoms with van der Waals surface area (Å²) in [5.74, 6) is 0.212. The Bertz CT molecular complexity index is 481. The van der Waals surface area contributed by atoms with Crippen LogP contribution in [0.25, 0.3) is 0 Å². The Morgan fingerprint density at radius 3 is 2.64 bits per heavy atom. The minimum absolute atomic E-state index is 0.212. The predicted octanol–water partition coefficient (Wildman–Crippen LogP) is 1.63. The van der Waals surface area contributed by atoms with Gasteiger partial charge in [0.2, 0.25) is 5.91 Å². The van der Waals surface area contributed by atoms with Crippen LogP contribution in [0, 0.1) is 6.92 Å². The van der Waals surface area contributed by atoms with Gasteiger partial charge >= 0.3 is 0 Å². The summed E-state index contributed by atoms with van der Waals surface area (Å²) in [6, 6.07) is 8.21. The second-order valence-corrected chi connectivity index (χ2v) is 6.48. The lowest BCUT2D eigenvalue weighted by Crippen LogP contribution is -2.45. The molecule has 0 radical (unpaired) electrons. The number of hydrogen-bond acceptors (Lipinski definition) is 3. The minimum Gasteiger partial charge on any atom is -0.345 e. The van der Waals surface area contributed by atoms with Crippen LogP contribution in [0.2, 0.25) is 0 Å². The van der Waals surface area contributed by atoms with Crippen LogP contribution in [0.15, 0.2) is 24.3 Å². The predicted molar refractivity (Wildman–Crippen MR) is 91.1 cm³/mol. The van der Waals surface area contributed by atoms with Crippen molar-refractivity contribution in [1.82, 2.24) is 14.7 Å². The van der Waals surface area contributed by atoms with Gasteiger partial charge in [0.25, 0.3) is 0 Å². The zero-order valence-corrected chi connectivity index (χ0v) is 14.2. The van der Waals surface area contributed by atoms with E-state index in [1.165, 1.54) is 5.56 Å². The Hall–Kier alpha value is -1.39. The van der Waals surface area contributed by atoms with Crippen molar-refractivity contribution in [3.8, 4) is 0 Å². The van der Waals surface area contributed by atoms with Gasteiger partial charge in [-0.2, -0.15) is 0 Å². The number of rotatable bonds is 6. The van der Waals surface area contributed by atoms with Crippen LogP contribution < -0.4 is 0 Å². The highest BCUT2D eigenvalue weighted by Crippen LogP contribution is 2.07. The first-order valence-corrected chi connectivity index (χ1v) is 8.25. The van der Waals surface area contributed by atoms with Gasteiger partial charge in [-0.25, -0.2) is 0 Å². The molecule has 0 saturated carbocycles. The van der Waals surface area contributed by atoms with Crippen LogP contribution in [-0.4, -0.2) is 74.0 Å². The van der Waals surface area contributed by atoms with Crippen molar-refractivity contribution in [1.29, 1.82) is 0 Å². The zero-order chi connectivity index (χ0) is 15.9. The summed E-state index contributed by atoms with van der Waals surface area (Å²) in [6.45, 7) is 8.61. The monoisotopic (exact) mass is 303 g/mol. The smallest absolute Gasteiger partial charge is 0.226 e. The van der Waals surface area contributed by atoms with E-state index in [1.54, 1.807) is 0 Å². The largest absolute Gasteiger partial charge is 0.345 e. The van der Waals surface area contributed by atoms with E-state index >= 15 is 0 Å². The molecule has 1 amide bonds. The molecule has 1 saturated heterocycles. The Labute approximate surface area is 134 Å². The Morgan fingerprint density at radius 1 is 1.23 bits per heavy atom. The lowest BCUT2D eigenvalue weighted by atomic mass is 10.1. The standard InChI is InChI=1S/C18H29N3O/c1-16-6-4-7-17(14-16)15-18(22)20(3)8-5-9-21-12-10-19(2)11-13-21/h4,6-7,14H,5,8-13,15H2,1-3H3. The summed E-state index contributed by atoms with van der Waals surface area (Å²) < 4.78 is 0. The van der Waals surface area contributed by atoms with Gasteiger partial charge in [0.15, 0.2) is 0 Å². The number of carbonyl (C=O) groups excluding carboxylic acids is 1. The van der Waals surface area contributed by atoms with Crippen LogP contribution >= 0.6 is 0 Å². The SMILES string of the molecule is Cc1cccc(CC(=O)N(C)CCCN2CCN(C)CC2)c1. The molecule has 1 heterocycles. The van der Waals surface area contributed by atoms with Crippen LogP contribution in [0.3, 0.4) is 0 Å². The summed E-state index contributed by atoms with van der Waals surface area (Å²) in [5.41, 5.74) is 2.32. The third-order valence-corrected chi connectivity index (χ3v) is 4.43. The maximum atomic E-state index is 12.3.